The van der Waals surface area contributed by atoms with Gasteiger partial charge in [-0.25, -0.2) is 9.78 Å². The number of hydrogen-bond acceptors (Lipinski definition) is 5. The molecule has 8 nitrogen and oxygen atoms in total. The molecule has 1 aliphatic rings. The number of fused-ring (bicyclic) bond motifs is 1. The molecule has 0 saturated carbocycles. The first kappa shape index (κ1) is 31.6. The van der Waals surface area contributed by atoms with Gasteiger partial charge in [-0.1, -0.05) is 103 Å². The van der Waals surface area contributed by atoms with Gasteiger partial charge in [0, 0.05) is 27.2 Å². The van der Waals surface area contributed by atoms with Crippen molar-refractivity contribution in [2.24, 2.45) is 14.1 Å². The summed E-state index contributed by atoms with van der Waals surface area (Å²) in [5, 5.41) is 3.57. The maximum absolute atomic E-state index is 12.8. The highest BCUT2D eigenvalue weighted by atomic mass is 16.5. The van der Waals surface area contributed by atoms with Crippen LogP contribution in [0.1, 0.15) is 129 Å². The predicted octanol–water partition coefficient (Wildman–Crippen LogP) is 6.18. The van der Waals surface area contributed by atoms with E-state index >= 15 is 0 Å². The topological polar surface area (TPSA) is 83.1 Å². The van der Waals surface area contributed by atoms with E-state index in [9.17, 15) is 9.59 Å². The molecule has 0 radical (unpaired) electrons. The molecule has 1 aliphatic heterocycles. The number of unbranched alkanes of at least 4 members (excludes halogenated alkanes) is 15. The van der Waals surface area contributed by atoms with Crippen LogP contribution in [0.25, 0.3) is 11.2 Å². The lowest BCUT2D eigenvalue weighted by molar-refractivity contribution is 0.0301. The summed E-state index contributed by atoms with van der Waals surface area (Å²) >= 11 is 0. The van der Waals surface area contributed by atoms with E-state index in [4.69, 9.17) is 4.74 Å². The molecule has 0 aromatic carbocycles. The van der Waals surface area contributed by atoms with Crippen LogP contribution in [-0.4, -0.2) is 37.6 Å². The van der Waals surface area contributed by atoms with Crippen molar-refractivity contribution in [3.63, 3.8) is 0 Å². The van der Waals surface area contributed by atoms with Crippen LogP contribution in [0.2, 0.25) is 0 Å². The summed E-state index contributed by atoms with van der Waals surface area (Å²) in [6, 6.07) is 0. The molecule has 222 valence electrons. The van der Waals surface area contributed by atoms with Crippen molar-refractivity contribution in [2.75, 3.05) is 6.54 Å². The van der Waals surface area contributed by atoms with Gasteiger partial charge in [-0.2, -0.15) is 0 Å². The van der Waals surface area contributed by atoms with Crippen molar-refractivity contribution in [1.29, 1.82) is 0 Å². The summed E-state index contributed by atoms with van der Waals surface area (Å²) in [5.41, 5.74) is 0.429. The maximum atomic E-state index is 12.8. The number of ether oxygens (including phenoxy) is 1. The Morgan fingerprint density at radius 3 is 2.03 bits per heavy atom. The fourth-order valence-electron chi connectivity index (χ4n) is 5.87. The Hall–Kier alpha value is -1.93. The molecule has 2 aromatic rings. The smallest absolute Gasteiger partial charge is 0.332 e. The summed E-state index contributed by atoms with van der Waals surface area (Å²) in [5.74, 6) is 0. The van der Waals surface area contributed by atoms with E-state index in [0.717, 1.165) is 38.6 Å². The molecular weight excluding hydrogens is 490 g/mol. The summed E-state index contributed by atoms with van der Waals surface area (Å²) in [6.45, 7) is 3.76. The van der Waals surface area contributed by atoms with Gasteiger partial charge in [0.1, 0.15) is 6.23 Å². The third-order valence-electron chi connectivity index (χ3n) is 8.36. The average Bonchev–Trinajstić information content (AvgIpc) is 3.55. The SMILES string of the molecule is CCCCCCCCCCCCC1NCC(CCCCCCCCCn2c(=O)c3c(ncn3C)n(C)c2=O)O1. The van der Waals surface area contributed by atoms with E-state index < -0.39 is 0 Å². The van der Waals surface area contributed by atoms with Crippen LogP contribution in [0.3, 0.4) is 0 Å². The summed E-state index contributed by atoms with van der Waals surface area (Å²) in [7, 11) is 3.47. The second-order valence-corrected chi connectivity index (χ2v) is 11.7. The molecule has 8 heteroatoms. The molecule has 3 heterocycles. The maximum Gasteiger partial charge on any atom is 0.332 e. The zero-order valence-corrected chi connectivity index (χ0v) is 25.1. The zero-order chi connectivity index (χ0) is 27.9. The minimum atomic E-state index is -0.277. The molecule has 2 aromatic heterocycles. The number of aryl methyl sites for hydroxylation is 2. The van der Waals surface area contributed by atoms with E-state index in [-0.39, 0.29) is 17.5 Å². The lowest BCUT2D eigenvalue weighted by Crippen LogP contribution is -2.39. The minimum Gasteiger partial charge on any atom is -0.359 e. The first-order valence-corrected chi connectivity index (χ1v) is 16.0. The van der Waals surface area contributed by atoms with Gasteiger partial charge in [0.2, 0.25) is 0 Å². The Labute approximate surface area is 235 Å². The fourth-order valence-corrected chi connectivity index (χ4v) is 5.87. The fraction of sp³-hybridized carbons (Fsp3) is 0.839. The van der Waals surface area contributed by atoms with Crippen molar-refractivity contribution in [3.8, 4) is 0 Å². The standard InChI is InChI=1S/C31H55N5O3/c1-4-5-6-7-8-9-10-13-16-19-22-27-32-24-26(39-27)21-18-15-12-11-14-17-20-23-36-30(37)28-29(33-25-34(28)2)35(3)31(36)38/h25-27,32H,4-24H2,1-3H3. The van der Waals surface area contributed by atoms with Gasteiger partial charge in [0.15, 0.2) is 11.2 Å². The van der Waals surface area contributed by atoms with Crippen LogP contribution in [0.4, 0.5) is 0 Å². The number of aromatic nitrogens is 4. The highest BCUT2D eigenvalue weighted by molar-refractivity contribution is 5.69. The molecule has 0 aliphatic carbocycles. The molecule has 1 saturated heterocycles. The second kappa shape index (κ2) is 17.7. The van der Waals surface area contributed by atoms with Crippen LogP contribution in [0.5, 0.6) is 0 Å². The Balaban J connectivity index is 1.15. The van der Waals surface area contributed by atoms with E-state index in [1.807, 2.05) is 0 Å². The molecule has 1 fully saturated rings. The third-order valence-corrected chi connectivity index (χ3v) is 8.36. The van der Waals surface area contributed by atoms with Crippen LogP contribution < -0.4 is 16.6 Å². The normalized spacial score (nSPS) is 17.5. The number of nitrogens with zero attached hydrogens (tertiary/aromatic N) is 4. The van der Waals surface area contributed by atoms with E-state index in [2.05, 4.69) is 17.2 Å². The Morgan fingerprint density at radius 1 is 0.821 bits per heavy atom. The summed E-state index contributed by atoms with van der Waals surface area (Å²) in [6.07, 6.45) is 26.3. The molecule has 2 atom stereocenters. The third kappa shape index (κ3) is 10.2. The first-order chi connectivity index (χ1) is 19.0. The van der Waals surface area contributed by atoms with Gasteiger partial charge in [0.05, 0.1) is 12.4 Å². The number of rotatable bonds is 21. The minimum absolute atomic E-state index is 0.234. The van der Waals surface area contributed by atoms with Crippen molar-refractivity contribution in [2.45, 2.75) is 148 Å². The van der Waals surface area contributed by atoms with Crippen molar-refractivity contribution >= 4 is 11.2 Å². The van der Waals surface area contributed by atoms with E-state index in [0.29, 0.717) is 23.8 Å². The lowest BCUT2D eigenvalue weighted by atomic mass is 10.1. The van der Waals surface area contributed by atoms with Gasteiger partial charge in [-0.3, -0.25) is 19.2 Å². The molecular formula is C31H55N5O3. The Bertz CT molecular complexity index is 1070. The zero-order valence-electron chi connectivity index (χ0n) is 25.1. The molecule has 3 rings (SSSR count). The Kier molecular flexibility index (Phi) is 14.3. The highest BCUT2D eigenvalue weighted by Crippen LogP contribution is 2.19. The summed E-state index contributed by atoms with van der Waals surface area (Å²) in [4.78, 5) is 29.5. The van der Waals surface area contributed by atoms with Crippen LogP contribution in [0, 0.1) is 0 Å². The monoisotopic (exact) mass is 545 g/mol. The van der Waals surface area contributed by atoms with E-state index in [1.54, 1.807) is 25.0 Å². The first-order valence-electron chi connectivity index (χ1n) is 16.0. The van der Waals surface area contributed by atoms with Crippen LogP contribution in [-0.2, 0) is 25.4 Å². The second-order valence-electron chi connectivity index (χ2n) is 11.7. The Morgan fingerprint density at radius 2 is 1.38 bits per heavy atom. The molecule has 0 spiro atoms. The quantitative estimate of drug-likeness (QED) is 0.189. The molecule has 0 bridgehead atoms. The van der Waals surface area contributed by atoms with Gasteiger partial charge in [0.25, 0.3) is 5.56 Å². The predicted molar refractivity (Wildman–Crippen MR) is 160 cm³/mol. The lowest BCUT2D eigenvalue weighted by Gasteiger charge is -2.12. The van der Waals surface area contributed by atoms with E-state index in [1.165, 1.54) is 99.0 Å². The molecule has 39 heavy (non-hydrogen) atoms. The van der Waals surface area contributed by atoms with Crippen LogP contribution >= 0.6 is 0 Å². The number of nitrogens with one attached hydrogen (secondary N) is 1. The number of imidazole rings is 1. The van der Waals surface area contributed by atoms with Crippen molar-refractivity contribution in [1.82, 2.24) is 24.0 Å². The average molecular weight is 546 g/mol. The largest absolute Gasteiger partial charge is 0.359 e. The van der Waals surface area contributed by atoms with Crippen molar-refractivity contribution in [3.05, 3.63) is 27.2 Å². The molecule has 0 amide bonds. The van der Waals surface area contributed by atoms with Gasteiger partial charge >= 0.3 is 5.69 Å². The van der Waals surface area contributed by atoms with Gasteiger partial charge in [-0.15, -0.1) is 0 Å². The molecule has 2 unspecified atom stereocenters. The van der Waals surface area contributed by atoms with Crippen molar-refractivity contribution < 1.29 is 4.74 Å². The molecule has 1 N–H and O–H groups in total. The van der Waals surface area contributed by atoms with Crippen LogP contribution in [0.15, 0.2) is 15.9 Å². The summed E-state index contributed by atoms with van der Waals surface area (Å²) < 4.78 is 10.8. The van der Waals surface area contributed by atoms with Gasteiger partial charge < -0.3 is 9.30 Å². The van der Waals surface area contributed by atoms with Gasteiger partial charge in [-0.05, 0) is 25.7 Å². The highest BCUT2D eigenvalue weighted by Gasteiger charge is 2.23. The number of hydrogen-bond donors (Lipinski definition) is 1.